The van der Waals surface area contributed by atoms with Crippen LogP contribution in [0.2, 0.25) is 11.1 Å². The molecule has 0 bridgehead atoms. The summed E-state index contributed by atoms with van der Waals surface area (Å²) in [5.41, 5.74) is 2.88. The summed E-state index contributed by atoms with van der Waals surface area (Å²) < 4.78 is 6.18. The Hall–Kier alpha value is 0.177. The molecule has 1 nitrogen and oxygen atoms in total. The van der Waals surface area contributed by atoms with Gasteiger partial charge in [0.2, 0.25) is 0 Å². The van der Waals surface area contributed by atoms with Crippen molar-refractivity contribution >= 4 is 9.04 Å². The van der Waals surface area contributed by atoms with Gasteiger partial charge in [-0.15, -0.1) is 0 Å². The smallest absolute Gasteiger partial charge is 0.182 e. The normalized spacial score (nSPS) is 36.1. The highest BCUT2D eigenvalue weighted by Crippen LogP contribution is 2.52. The van der Waals surface area contributed by atoms with Gasteiger partial charge in [0.1, 0.15) is 0 Å². The second-order valence-electron chi connectivity index (χ2n) is 9.97. The van der Waals surface area contributed by atoms with Gasteiger partial charge in [0.05, 0.1) is 0 Å². The van der Waals surface area contributed by atoms with Gasteiger partial charge in [0, 0.05) is 7.11 Å². The van der Waals surface area contributed by atoms with Crippen molar-refractivity contribution in [1.29, 1.82) is 0 Å². The van der Waals surface area contributed by atoms with Crippen LogP contribution in [0, 0.1) is 22.7 Å². The summed E-state index contributed by atoms with van der Waals surface area (Å²) in [7, 11) is 0.981. The molecule has 4 atom stereocenters. The minimum absolute atomic E-state index is 0.491. The zero-order valence-corrected chi connectivity index (χ0v) is 16.7. The van der Waals surface area contributed by atoms with E-state index in [0.29, 0.717) is 10.8 Å². The summed E-state index contributed by atoms with van der Waals surface area (Å²) in [6.07, 6.45) is 8.68. The average molecular weight is 311 g/mol. The molecule has 0 aromatic rings. The van der Waals surface area contributed by atoms with Crippen LogP contribution in [0.15, 0.2) is 0 Å². The van der Waals surface area contributed by atoms with Gasteiger partial charge in [0.15, 0.2) is 9.04 Å². The highest BCUT2D eigenvalue weighted by atomic mass is 28.3. The molecule has 0 saturated heterocycles. The van der Waals surface area contributed by atoms with Crippen molar-refractivity contribution in [2.45, 2.75) is 91.1 Å². The second-order valence-corrected chi connectivity index (χ2v) is 13.3. The van der Waals surface area contributed by atoms with Gasteiger partial charge >= 0.3 is 0 Å². The molecule has 0 spiro atoms. The molecule has 0 heterocycles. The minimum atomic E-state index is -1.04. The quantitative estimate of drug-likeness (QED) is 0.599. The van der Waals surface area contributed by atoms with E-state index in [1.165, 1.54) is 38.5 Å². The third-order valence-corrected chi connectivity index (χ3v) is 10.2. The third kappa shape index (κ3) is 4.13. The minimum Gasteiger partial charge on any atom is -0.423 e. The molecule has 21 heavy (non-hydrogen) atoms. The van der Waals surface area contributed by atoms with Crippen LogP contribution in [0.4, 0.5) is 0 Å². The standard InChI is InChI=1S/C19H38OSi/c1-18(2,3)14-8-10-16(12-14)21(20-7)17-11-9-15(13-17)19(4,5)6/h14-17,21H,8-13H2,1-7H3. The summed E-state index contributed by atoms with van der Waals surface area (Å²) in [5.74, 6) is 1.85. The van der Waals surface area contributed by atoms with E-state index >= 15 is 0 Å². The van der Waals surface area contributed by atoms with Crippen molar-refractivity contribution < 1.29 is 4.43 Å². The first-order valence-corrected chi connectivity index (χ1v) is 11.0. The van der Waals surface area contributed by atoms with Gasteiger partial charge in [-0.25, -0.2) is 0 Å². The fourth-order valence-corrected chi connectivity index (χ4v) is 8.75. The SMILES string of the molecule is CO[SiH](C1CCC(C(C)(C)C)C1)C1CCC(C(C)(C)C)C1. The number of hydrogen-bond acceptors (Lipinski definition) is 1. The molecule has 0 N–H and O–H groups in total. The molecule has 0 aliphatic heterocycles. The predicted octanol–water partition coefficient (Wildman–Crippen LogP) is 5.79. The lowest BCUT2D eigenvalue weighted by molar-refractivity contribution is 0.242. The summed E-state index contributed by atoms with van der Waals surface area (Å²) in [6.45, 7) is 14.6. The average Bonchev–Trinajstić information content (AvgIpc) is 2.96. The van der Waals surface area contributed by atoms with Crippen molar-refractivity contribution in [2.75, 3.05) is 7.11 Å². The largest absolute Gasteiger partial charge is 0.423 e. The molecule has 2 aliphatic carbocycles. The molecular formula is C19H38OSi. The van der Waals surface area contributed by atoms with Crippen LogP contribution in [0.25, 0.3) is 0 Å². The van der Waals surface area contributed by atoms with Crippen LogP contribution in [0.1, 0.15) is 80.1 Å². The van der Waals surface area contributed by atoms with E-state index in [2.05, 4.69) is 41.5 Å². The van der Waals surface area contributed by atoms with E-state index in [4.69, 9.17) is 4.43 Å². The maximum absolute atomic E-state index is 6.18. The van der Waals surface area contributed by atoms with E-state index in [9.17, 15) is 0 Å². The zero-order valence-electron chi connectivity index (χ0n) is 15.5. The van der Waals surface area contributed by atoms with Gasteiger partial charge in [-0.2, -0.15) is 0 Å². The zero-order chi connectivity index (χ0) is 15.8. The highest BCUT2D eigenvalue weighted by molar-refractivity contribution is 6.55. The summed E-state index contributed by atoms with van der Waals surface area (Å²) in [4.78, 5) is 0. The molecule has 0 aromatic carbocycles. The van der Waals surface area contributed by atoms with Crippen LogP contribution >= 0.6 is 0 Å². The van der Waals surface area contributed by atoms with E-state index in [0.717, 1.165) is 22.9 Å². The monoisotopic (exact) mass is 310 g/mol. The predicted molar refractivity (Wildman–Crippen MR) is 95.3 cm³/mol. The molecule has 0 amide bonds. The van der Waals surface area contributed by atoms with Gasteiger partial charge in [-0.05, 0) is 59.4 Å². The number of hydrogen-bond donors (Lipinski definition) is 0. The van der Waals surface area contributed by atoms with Crippen molar-refractivity contribution in [1.82, 2.24) is 0 Å². The Morgan fingerprint density at radius 3 is 1.33 bits per heavy atom. The Bertz CT molecular complexity index is 306. The van der Waals surface area contributed by atoms with Crippen LogP contribution in [0.5, 0.6) is 0 Å². The molecule has 0 aromatic heterocycles. The maximum Gasteiger partial charge on any atom is 0.182 e. The maximum atomic E-state index is 6.18. The second kappa shape index (κ2) is 6.35. The molecule has 124 valence electrons. The molecule has 4 unspecified atom stereocenters. The molecule has 2 heteroatoms. The first-order chi connectivity index (χ1) is 9.63. The molecule has 2 fully saturated rings. The summed E-state index contributed by atoms with van der Waals surface area (Å²) in [6, 6.07) is 0. The van der Waals surface area contributed by atoms with Crippen LogP contribution in [0.3, 0.4) is 0 Å². The fraction of sp³-hybridized carbons (Fsp3) is 1.00. The third-order valence-electron chi connectivity index (χ3n) is 6.60. The van der Waals surface area contributed by atoms with Crippen LogP contribution in [-0.2, 0) is 4.43 Å². The van der Waals surface area contributed by atoms with Crippen molar-refractivity contribution in [3.8, 4) is 0 Å². The number of rotatable bonds is 3. The van der Waals surface area contributed by atoms with Gasteiger partial charge in [-0.1, -0.05) is 54.4 Å². The fourth-order valence-electron chi connectivity index (χ4n) is 4.97. The first kappa shape index (κ1) is 17.5. The van der Waals surface area contributed by atoms with E-state index in [-0.39, 0.29) is 0 Å². The Morgan fingerprint density at radius 2 is 1.10 bits per heavy atom. The van der Waals surface area contributed by atoms with E-state index in [1.54, 1.807) is 0 Å². The topological polar surface area (TPSA) is 9.23 Å². The molecule has 2 rings (SSSR count). The van der Waals surface area contributed by atoms with Crippen LogP contribution in [-0.4, -0.2) is 16.2 Å². The van der Waals surface area contributed by atoms with E-state index in [1.807, 2.05) is 7.11 Å². The highest BCUT2D eigenvalue weighted by Gasteiger charge is 2.44. The molecule has 2 saturated carbocycles. The van der Waals surface area contributed by atoms with Crippen molar-refractivity contribution in [3.05, 3.63) is 0 Å². The Labute approximate surface area is 135 Å². The van der Waals surface area contributed by atoms with Crippen LogP contribution < -0.4 is 0 Å². The molecule has 0 radical (unpaired) electrons. The van der Waals surface area contributed by atoms with Crippen molar-refractivity contribution in [3.63, 3.8) is 0 Å². The lowest BCUT2D eigenvalue weighted by Gasteiger charge is -2.31. The molecular weight excluding hydrogens is 272 g/mol. The molecule has 2 aliphatic rings. The Morgan fingerprint density at radius 1 is 0.714 bits per heavy atom. The van der Waals surface area contributed by atoms with Crippen molar-refractivity contribution in [2.24, 2.45) is 22.7 Å². The van der Waals surface area contributed by atoms with Gasteiger partial charge in [-0.3, -0.25) is 0 Å². The summed E-state index contributed by atoms with van der Waals surface area (Å²) in [5, 5.41) is 0. The summed E-state index contributed by atoms with van der Waals surface area (Å²) >= 11 is 0. The van der Waals surface area contributed by atoms with Gasteiger partial charge < -0.3 is 4.43 Å². The lowest BCUT2D eigenvalue weighted by atomic mass is 9.80. The van der Waals surface area contributed by atoms with Gasteiger partial charge in [0.25, 0.3) is 0 Å². The Kier molecular flexibility index (Phi) is 5.30. The van der Waals surface area contributed by atoms with E-state index < -0.39 is 9.04 Å². The Balaban J connectivity index is 1.96. The first-order valence-electron chi connectivity index (χ1n) is 9.15. The lowest BCUT2D eigenvalue weighted by Crippen LogP contribution is -2.29.